The molecule has 1 N–H and O–H groups in total. The molecule has 1 unspecified atom stereocenters. The van der Waals surface area contributed by atoms with Gasteiger partial charge in [0.25, 0.3) is 5.69 Å². The maximum absolute atomic E-state index is 10.9. The number of hydrogen-bond acceptors (Lipinski definition) is 4. The van der Waals surface area contributed by atoms with Crippen molar-refractivity contribution in [2.45, 2.75) is 25.3 Å². The van der Waals surface area contributed by atoms with E-state index in [1.807, 2.05) is 12.1 Å². The molecule has 0 spiro atoms. The highest BCUT2D eigenvalue weighted by Crippen LogP contribution is 2.18. The monoisotopic (exact) mass is 263 g/mol. The first-order valence-electron chi connectivity index (χ1n) is 6.81. The van der Waals surface area contributed by atoms with Crippen LogP contribution in [0.2, 0.25) is 0 Å². The van der Waals surface area contributed by atoms with Gasteiger partial charge < -0.3 is 10.2 Å². The van der Waals surface area contributed by atoms with E-state index in [0.717, 1.165) is 18.7 Å². The molecule has 5 heteroatoms. The van der Waals surface area contributed by atoms with Gasteiger partial charge in [0.15, 0.2) is 0 Å². The molecule has 2 rings (SSSR count). The molecule has 1 saturated heterocycles. The van der Waals surface area contributed by atoms with Crippen LogP contribution in [0.15, 0.2) is 24.3 Å². The van der Waals surface area contributed by atoms with Crippen molar-refractivity contribution < 1.29 is 4.92 Å². The van der Waals surface area contributed by atoms with Gasteiger partial charge in [0.2, 0.25) is 0 Å². The van der Waals surface area contributed by atoms with E-state index in [9.17, 15) is 10.1 Å². The third kappa shape index (κ3) is 3.75. The normalized spacial score (nSPS) is 19.7. The number of nitrogens with zero attached hydrogens (tertiary/aromatic N) is 2. The van der Waals surface area contributed by atoms with Crippen molar-refractivity contribution in [2.24, 2.45) is 0 Å². The van der Waals surface area contributed by atoms with Crippen LogP contribution in [0.1, 0.15) is 18.4 Å². The molecule has 0 bridgehead atoms. The van der Waals surface area contributed by atoms with Crippen LogP contribution in [0.4, 0.5) is 5.69 Å². The molecule has 5 nitrogen and oxygen atoms in total. The zero-order valence-electron chi connectivity index (χ0n) is 11.3. The van der Waals surface area contributed by atoms with Crippen LogP contribution in [-0.4, -0.2) is 42.5 Å². The lowest BCUT2D eigenvalue weighted by Crippen LogP contribution is -2.36. The Labute approximate surface area is 113 Å². The number of para-hydroxylation sites is 1. The molecular formula is C14H21N3O2. The zero-order chi connectivity index (χ0) is 13.7. The molecule has 104 valence electrons. The quantitative estimate of drug-likeness (QED) is 0.483. The Balaban J connectivity index is 1.78. The van der Waals surface area contributed by atoms with Crippen LogP contribution < -0.4 is 5.32 Å². The Morgan fingerprint density at radius 3 is 2.95 bits per heavy atom. The minimum Gasteiger partial charge on any atom is -0.315 e. The lowest BCUT2D eigenvalue weighted by atomic mass is 10.1. The van der Waals surface area contributed by atoms with Crippen molar-refractivity contribution in [3.05, 3.63) is 39.9 Å². The molecule has 0 saturated carbocycles. The first-order valence-corrected chi connectivity index (χ1v) is 6.81. The molecule has 1 aliphatic rings. The topological polar surface area (TPSA) is 58.4 Å². The molecule has 0 aromatic heterocycles. The van der Waals surface area contributed by atoms with Crippen molar-refractivity contribution in [1.29, 1.82) is 0 Å². The van der Waals surface area contributed by atoms with Gasteiger partial charge in [0, 0.05) is 24.2 Å². The van der Waals surface area contributed by atoms with Gasteiger partial charge in [-0.1, -0.05) is 18.2 Å². The summed E-state index contributed by atoms with van der Waals surface area (Å²) in [6.07, 6.45) is 3.22. The van der Waals surface area contributed by atoms with Crippen LogP contribution in [-0.2, 0) is 6.42 Å². The third-order valence-electron chi connectivity index (χ3n) is 3.81. The minimum absolute atomic E-state index is 0.224. The SMILES string of the molecule is CN1CCCC1CNCCc1ccccc1[N+](=O)[O-]. The summed E-state index contributed by atoms with van der Waals surface area (Å²) >= 11 is 0. The molecule has 1 heterocycles. The van der Waals surface area contributed by atoms with Crippen molar-refractivity contribution in [1.82, 2.24) is 10.2 Å². The number of hydrogen-bond donors (Lipinski definition) is 1. The van der Waals surface area contributed by atoms with Crippen molar-refractivity contribution >= 4 is 5.69 Å². The van der Waals surface area contributed by atoms with E-state index in [-0.39, 0.29) is 10.6 Å². The summed E-state index contributed by atoms with van der Waals surface area (Å²) in [6, 6.07) is 7.59. The van der Waals surface area contributed by atoms with Crippen LogP contribution in [0, 0.1) is 10.1 Å². The second kappa shape index (κ2) is 6.63. The highest BCUT2D eigenvalue weighted by atomic mass is 16.6. The van der Waals surface area contributed by atoms with E-state index < -0.39 is 0 Å². The number of rotatable bonds is 6. The van der Waals surface area contributed by atoms with Crippen LogP contribution in [0.5, 0.6) is 0 Å². The van der Waals surface area contributed by atoms with Crippen molar-refractivity contribution in [2.75, 3.05) is 26.7 Å². The van der Waals surface area contributed by atoms with E-state index in [2.05, 4.69) is 17.3 Å². The van der Waals surface area contributed by atoms with Crippen molar-refractivity contribution in [3.63, 3.8) is 0 Å². The number of likely N-dealkylation sites (N-methyl/N-ethyl adjacent to an activating group) is 1. The van der Waals surface area contributed by atoms with Gasteiger partial charge in [-0.15, -0.1) is 0 Å². The van der Waals surface area contributed by atoms with E-state index >= 15 is 0 Å². The van der Waals surface area contributed by atoms with Crippen LogP contribution >= 0.6 is 0 Å². The van der Waals surface area contributed by atoms with Gasteiger partial charge >= 0.3 is 0 Å². The molecule has 1 atom stereocenters. The van der Waals surface area contributed by atoms with Gasteiger partial charge in [0.05, 0.1) is 4.92 Å². The Bertz CT molecular complexity index is 436. The van der Waals surface area contributed by atoms with Gasteiger partial charge in [-0.2, -0.15) is 0 Å². The van der Waals surface area contributed by atoms with Crippen LogP contribution in [0.3, 0.4) is 0 Å². The summed E-state index contributed by atoms with van der Waals surface area (Å²) in [7, 11) is 2.15. The average Bonchev–Trinajstić information content (AvgIpc) is 2.80. The smallest absolute Gasteiger partial charge is 0.272 e. The second-order valence-corrected chi connectivity index (χ2v) is 5.12. The molecule has 1 aromatic carbocycles. The van der Waals surface area contributed by atoms with Gasteiger partial charge in [-0.3, -0.25) is 10.1 Å². The predicted octanol–water partition coefficient (Wildman–Crippen LogP) is 1.82. The summed E-state index contributed by atoms with van der Waals surface area (Å²) in [5, 5.41) is 14.3. The molecular weight excluding hydrogens is 242 g/mol. The van der Waals surface area contributed by atoms with Gasteiger partial charge in [-0.25, -0.2) is 0 Å². The Kier molecular flexibility index (Phi) is 4.87. The molecule has 0 radical (unpaired) electrons. The number of nitrogens with one attached hydrogen (secondary N) is 1. The maximum atomic E-state index is 10.9. The highest BCUT2D eigenvalue weighted by molar-refractivity contribution is 5.39. The molecule has 19 heavy (non-hydrogen) atoms. The number of benzene rings is 1. The largest absolute Gasteiger partial charge is 0.315 e. The molecule has 1 aliphatic heterocycles. The Hall–Kier alpha value is -1.46. The minimum atomic E-state index is -0.305. The lowest BCUT2D eigenvalue weighted by molar-refractivity contribution is -0.385. The van der Waals surface area contributed by atoms with E-state index in [1.54, 1.807) is 12.1 Å². The van der Waals surface area contributed by atoms with Gasteiger partial charge in [0.1, 0.15) is 0 Å². The standard InChI is InChI=1S/C14H21N3O2/c1-16-10-4-6-13(16)11-15-9-8-12-5-2-3-7-14(12)17(18)19/h2-3,5,7,13,15H,4,6,8-11H2,1H3. The van der Waals surface area contributed by atoms with E-state index in [1.165, 1.54) is 19.4 Å². The lowest BCUT2D eigenvalue weighted by Gasteiger charge is -2.19. The maximum Gasteiger partial charge on any atom is 0.272 e. The highest BCUT2D eigenvalue weighted by Gasteiger charge is 2.20. The summed E-state index contributed by atoms with van der Waals surface area (Å²) in [4.78, 5) is 13.0. The van der Waals surface area contributed by atoms with Crippen molar-refractivity contribution in [3.8, 4) is 0 Å². The molecule has 0 amide bonds. The second-order valence-electron chi connectivity index (χ2n) is 5.12. The van der Waals surface area contributed by atoms with E-state index in [4.69, 9.17) is 0 Å². The number of likely N-dealkylation sites (tertiary alicyclic amines) is 1. The zero-order valence-corrected chi connectivity index (χ0v) is 11.3. The Morgan fingerprint density at radius 1 is 1.47 bits per heavy atom. The molecule has 1 fully saturated rings. The molecule has 0 aliphatic carbocycles. The number of nitro groups is 1. The fourth-order valence-corrected chi connectivity index (χ4v) is 2.63. The summed E-state index contributed by atoms with van der Waals surface area (Å²) < 4.78 is 0. The number of nitro benzene ring substituents is 1. The van der Waals surface area contributed by atoms with E-state index in [0.29, 0.717) is 12.5 Å². The molecule has 1 aromatic rings. The summed E-state index contributed by atoms with van der Waals surface area (Å²) in [5.41, 5.74) is 1.03. The average molecular weight is 263 g/mol. The fourth-order valence-electron chi connectivity index (χ4n) is 2.63. The first-order chi connectivity index (χ1) is 9.18. The third-order valence-corrected chi connectivity index (χ3v) is 3.81. The summed E-state index contributed by atoms with van der Waals surface area (Å²) in [6.45, 7) is 2.93. The predicted molar refractivity (Wildman–Crippen MR) is 75.3 cm³/mol. The van der Waals surface area contributed by atoms with Gasteiger partial charge in [-0.05, 0) is 39.4 Å². The fraction of sp³-hybridized carbons (Fsp3) is 0.571. The summed E-state index contributed by atoms with van der Waals surface area (Å²) in [5.74, 6) is 0. The Morgan fingerprint density at radius 2 is 2.26 bits per heavy atom. The van der Waals surface area contributed by atoms with Crippen LogP contribution in [0.25, 0.3) is 0 Å². The first kappa shape index (κ1) is 14.0.